The van der Waals surface area contributed by atoms with Crippen LogP contribution in [0.1, 0.15) is 87.5 Å². The van der Waals surface area contributed by atoms with Crippen LogP contribution >= 0.6 is 11.6 Å². The molecule has 1 saturated heterocycles. The second-order valence-electron chi connectivity index (χ2n) is 16.1. The number of benzene rings is 1. The molecule has 2 heterocycles. The lowest BCUT2D eigenvalue weighted by atomic mass is 9.85. The Bertz CT molecular complexity index is 1820. The van der Waals surface area contributed by atoms with Crippen molar-refractivity contribution in [2.75, 3.05) is 6.54 Å². The number of likely N-dealkylation sites (tertiary alicyclic amines) is 1. The average molecular weight is 750 g/mol. The molecule has 0 radical (unpaired) electrons. The van der Waals surface area contributed by atoms with E-state index >= 15 is 0 Å². The van der Waals surface area contributed by atoms with Crippen molar-refractivity contribution in [3.05, 3.63) is 35.5 Å². The molecule has 0 spiro atoms. The summed E-state index contributed by atoms with van der Waals surface area (Å²) in [5.41, 5.74) is -3.52. The molecule has 14 nitrogen and oxygen atoms in total. The van der Waals surface area contributed by atoms with E-state index in [1.54, 1.807) is 78.9 Å². The second kappa shape index (κ2) is 13.7. The molecule has 0 unspecified atom stereocenters. The molecule has 1 aromatic heterocycles. The van der Waals surface area contributed by atoms with E-state index in [0.29, 0.717) is 40.9 Å². The highest BCUT2D eigenvalue weighted by atomic mass is 35.5. The van der Waals surface area contributed by atoms with E-state index in [1.807, 2.05) is 11.6 Å². The van der Waals surface area contributed by atoms with E-state index in [9.17, 15) is 27.6 Å². The average Bonchev–Trinajstić information content (AvgIpc) is 3.87. The predicted octanol–water partition coefficient (Wildman–Crippen LogP) is 4.39. The fourth-order valence-electron chi connectivity index (χ4n) is 6.38. The molecule has 3 N–H and O–H groups in total. The lowest BCUT2D eigenvalue weighted by Gasteiger charge is -2.36. The van der Waals surface area contributed by atoms with Crippen LogP contribution in [0.2, 0.25) is 5.02 Å². The number of hydrogen-bond acceptors (Lipinski definition) is 10. The Morgan fingerprint density at radius 3 is 2.37 bits per heavy atom. The highest BCUT2D eigenvalue weighted by molar-refractivity contribution is 7.85. The molecular weight excluding hydrogens is 702 g/mol. The van der Waals surface area contributed by atoms with Crippen LogP contribution in [-0.4, -0.2) is 83.6 Å². The van der Waals surface area contributed by atoms with Crippen molar-refractivity contribution in [1.29, 1.82) is 0 Å². The molecular formula is C35H48ClN5O9S. The number of rotatable bonds is 11. The normalized spacial score (nSPS) is 24.7. The SMILES string of the molecule is CC[C@@H]1C[C@]1(NC(=O)[C@@H]1C[C@@H](Oc2ccnc3c(Cl)cccc23)CN1C(=O)[C@@H](NC(=O)OC(C)(C)C)C(C)(C)C)C(=O)NS(=O)(=O)OC1(C)CC1. The number of ether oxygens (including phenoxy) is 2. The van der Waals surface area contributed by atoms with Crippen molar-refractivity contribution >= 4 is 56.6 Å². The zero-order valence-electron chi connectivity index (χ0n) is 30.3. The minimum atomic E-state index is -4.45. The minimum Gasteiger partial charge on any atom is -0.488 e. The van der Waals surface area contributed by atoms with Crippen molar-refractivity contribution in [2.24, 2.45) is 11.3 Å². The molecule has 16 heteroatoms. The number of carbonyl (C=O) groups excluding carboxylic acids is 4. The number of carbonyl (C=O) groups is 4. The summed E-state index contributed by atoms with van der Waals surface area (Å²) in [5, 5.41) is 6.57. The summed E-state index contributed by atoms with van der Waals surface area (Å²) in [6.07, 6.45) is 1.83. The lowest BCUT2D eigenvalue weighted by Crippen LogP contribution is -2.60. The number of para-hydroxylation sites is 1. The van der Waals surface area contributed by atoms with Gasteiger partial charge in [-0.3, -0.25) is 19.4 Å². The quantitative estimate of drug-likeness (QED) is 0.298. The lowest BCUT2D eigenvalue weighted by molar-refractivity contribution is -0.143. The number of fused-ring (bicyclic) bond motifs is 1. The van der Waals surface area contributed by atoms with E-state index < -0.39 is 74.5 Å². The Hall–Kier alpha value is -3.69. The van der Waals surface area contributed by atoms with Crippen molar-refractivity contribution < 1.29 is 41.3 Å². The highest BCUT2D eigenvalue weighted by Gasteiger charge is 2.62. The van der Waals surface area contributed by atoms with Gasteiger partial charge in [0.25, 0.3) is 5.91 Å². The van der Waals surface area contributed by atoms with Crippen LogP contribution in [0.5, 0.6) is 5.75 Å². The molecule has 3 fully saturated rings. The van der Waals surface area contributed by atoms with Crippen LogP contribution in [0.15, 0.2) is 30.5 Å². The second-order valence-corrected chi connectivity index (χ2v) is 17.7. The number of hydrogen-bond donors (Lipinski definition) is 3. The first-order valence-corrected chi connectivity index (χ1v) is 18.9. The summed E-state index contributed by atoms with van der Waals surface area (Å²) in [5.74, 6) is -2.04. The van der Waals surface area contributed by atoms with E-state index in [2.05, 4.69) is 15.6 Å². The zero-order valence-corrected chi connectivity index (χ0v) is 31.9. The van der Waals surface area contributed by atoms with Gasteiger partial charge in [-0.25, -0.2) is 13.7 Å². The standard InChI is InChI=1S/C35H48ClN5O9S/c1-9-20-18-35(20,30(44)40-51(46,47)50-34(8)14-15-34)39-28(42)24-17-21(48-25-13-16-37-26-22(25)11-10-12-23(26)36)19-41(24)29(43)27(32(2,3)4)38-31(45)49-33(5,6)7/h10-13,16,20-21,24,27H,9,14-15,17-19H2,1-8H3,(H,38,45)(H,39,42)(H,40,44)/t20-,21-,24+,27-,35-/m1/s1. The molecule has 4 amide bonds. The number of halogens is 1. The van der Waals surface area contributed by atoms with Crippen LogP contribution in [0.25, 0.3) is 10.9 Å². The predicted molar refractivity (Wildman–Crippen MR) is 189 cm³/mol. The molecule has 2 aliphatic carbocycles. The minimum absolute atomic E-state index is 0.0273. The summed E-state index contributed by atoms with van der Waals surface area (Å²) in [6.45, 7) is 13.9. The Kier molecular flexibility index (Phi) is 10.4. The third-order valence-electron chi connectivity index (χ3n) is 9.43. The van der Waals surface area contributed by atoms with Gasteiger partial charge in [-0.15, -0.1) is 0 Å². The van der Waals surface area contributed by atoms with Crippen molar-refractivity contribution in [3.63, 3.8) is 0 Å². The molecule has 0 bridgehead atoms. The Labute approximate surface area is 303 Å². The largest absolute Gasteiger partial charge is 0.488 e. The molecule has 2 saturated carbocycles. The molecule has 280 valence electrons. The van der Waals surface area contributed by atoms with Gasteiger partial charge in [0.1, 0.15) is 35.1 Å². The zero-order chi connectivity index (χ0) is 37.7. The number of aromatic nitrogens is 1. The highest BCUT2D eigenvalue weighted by Crippen LogP contribution is 2.47. The van der Waals surface area contributed by atoms with E-state index in [0.717, 1.165) is 0 Å². The van der Waals surface area contributed by atoms with Crippen LogP contribution < -0.4 is 20.1 Å². The fourth-order valence-corrected chi connectivity index (χ4v) is 7.75. The number of alkyl carbamates (subject to hydrolysis) is 1. The van der Waals surface area contributed by atoms with Gasteiger partial charge in [0, 0.05) is 18.0 Å². The molecule has 3 aliphatic rings. The van der Waals surface area contributed by atoms with Gasteiger partial charge >= 0.3 is 16.4 Å². The third kappa shape index (κ3) is 8.86. The first-order chi connectivity index (χ1) is 23.6. The van der Waals surface area contributed by atoms with Gasteiger partial charge in [0.15, 0.2) is 0 Å². The van der Waals surface area contributed by atoms with Gasteiger partial charge in [0.2, 0.25) is 11.8 Å². The smallest absolute Gasteiger partial charge is 0.408 e. The molecule has 5 atom stereocenters. The third-order valence-corrected chi connectivity index (χ3v) is 10.8. The Balaban J connectivity index is 1.43. The Morgan fingerprint density at radius 2 is 1.78 bits per heavy atom. The maximum Gasteiger partial charge on any atom is 0.408 e. The van der Waals surface area contributed by atoms with Crippen molar-refractivity contribution in [3.8, 4) is 5.75 Å². The molecule has 1 aromatic carbocycles. The topological polar surface area (TPSA) is 182 Å². The first kappa shape index (κ1) is 38.5. The first-order valence-electron chi connectivity index (χ1n) is 17.2. The van der Waals surface area contributed by atoms with E-state index in [4.69, 9.17) is 25.3 Å². The van der Waals surface area contributed by atoms with E-state index in [-0.39, 0.29) is 25.3 Å². The van der Waals surface area contributed by atoms with Gasteiger partial charge in [-0.05, 0) is 76.5 Å². The van der Waals surface area contributed by atoms with Crippen molar-refractivity contribution in [2.45, 2.75) is 122 Å². The summed E-state index contributed by atoms with van der Waals surface area (Å²) in [6, 6.07) is 4.67. The monoisotopic (exact) mass is 749 g/mol. The summed E-state index contributed by atoms with van der Waals surface area (Å²) < 4.78 is 44.5. The maximum atomic E-state index is 14.4. The number of pyridine rings is 1. The van der Waals surface area contributed by atoms with Crippen LogP contribution in [0, 0.1) is 11.3 Å². The number of nitrogens with zero attached hydrogens (tertiary/aromatic N) is 2. The fraction of sp³-hybridized carbons (Fsp3) is 0.629. The van der Waals surface area contributed by atoms with E-state index in [1.165, 1.54) is 4.90 Å². The van der Waals surface area contributed by atoms with Gasteiger partial charge < -0.3 is 25.0 Å². The maximum absolute atomic E-state index is 14.4. The summed E-state index contributed by atoms with van der Waals surface area (Å²) in [7, 11) is -4.45. The molecule has 5 rings (SSSR count). The molecule has 51 heavy (non-hydrogen) atoms. The van der Waals surface area contributed by atoms with Gasteiger partial charge in [-0.1, -0.05) is 51.8 Å². The van der Waals surface area contributed by atoms with Crippen LogP contribution in [0.4, 0.5) is 4.79 Å². The molecule has 2 aromatic rings. The van der Waals surface area contributed by atoms with Crippen molar-refractivity contribution in [1.82, 2.24) is 25.2 Å². The van der Waals surface area contributed by atoms with Gasteiger partial charge in [0.05, 0.1) is 22.7 Å². The Morgan fingerprint density at radius 1 is 1.10 bits per heavy atom. The van der Waals surface area contributed by atoms with Gasteiger partial charge in [-0.2, -0.15) is 8.42 Å². The summed E-state index contributed by atoms with van der Waals surface area (Å²) in [4.78, 5) is 60.9. The molecule has 1 aliphatic heterocycles. The van der Waals surface area contributed by atoms with Crippen LogP contribution in [-0.2, 0) is 33.6 Å². The number of nitrogens with one attached hydrogen (secondary N) is 3. The summed E-state index contributed by atoms with van der Waals surface area (Å²) >= 11 is 6.38. The number of amides is 4. The van der Waals surface area contributed by atoms with Crippen LogP contribution in [0.3, 0.4) is 0 Å².